The van der Waals surface area contributed by atoms with Crippen LogP contribution >= 0.6 is 0 Å². The maximum atomic E-state index is 13.1. The molecule has 0 radical (unpaired) electrons. The second-order valence-electron chi connectivity index (χ2n) is 17.0. The standard InChI is InChI=1S/C36H42N2O2.C4H9N.2C3H8O.O.Os.Ti/c1-33(2,3)37-31(35(39,27-19-11-7-12-20-27)28-21-13-8-14-22-28)32(38-34(4,5)6)36(40,29-23-15-9-16-24-29)30-25-17-10-18-26-30;1-4(2,3)5;2*1-3(2)4;;;/h7-26,31-32,39-40H,1-6H3;1-3H3;2*3-4H,1-2H3;;;/q-2;;;;;+2;. The van der Waals surface area contributed by atoms with Gasteiger partial charge in [0.1, 0.15) is 0 Å². The summed E-state index contributed by atoms with van der Waals surface area (Å²) < 4.78 is 13.8. The van der Waals surface area contributed by atoms with E-state index in [-0.39, 0.29) is 39.5 Å². The summed E-state index contributed by atoms with van der Waals surface area (Å²) in [5.74, 6) is 0. The molecule has 4 aromatic rings. The van der Waals surface area contributed by atoms with E-state index in [0.29, 0.717) is 22.3 Å². The second kappa shape index (κ2) is 24.5. The molecule has 4 aromatic carbocycles. The summed E-state index contributed by atoms with van der Waals surface area (Å²) in [5.41, 5.74) is -1.63. The van der Waals surface area contributed by atoms with Gasteiger partial charge in [0.05, 0.1) is 11.2 Å². The molecule has 56 heavy (non-hydrogen) atoms. The van der Waals surface area contributed by atoms with Crippen molar-refractivity contribution in [1.82, 2.24) is 0 Å². The zero-order valence-electron chi connectivity index (χ0n) is 35.7. The number of nitrogens with zero attached hydrogens (tertiary/aromatic N) is 3. The minimum Gasteiger partial charge on any atom is -0.394 e. The van der Waals surface area contributed by atoms with Crippen LogP contribution in [0.4, 0.5) is 0 Å². The Kier molecular flexibility index (Phi) is 23.4. The van der Waals surface area contributed by atoms with Gasteiger partial charge >= 0.3 is 50.7 Å². The Hall–Kier alpha value is -2.41. The van der Waals surface area contributed by atoms with Crippen molar-refractivity contribution in [2.45, 2.75) is 142 Å². The van der Waals surface area contributed by atoms with E-state index >= 15 is 0 Å². The SMILES string of the molecule is CC(C)(C)[N-]C(C([N-]C(C)(C)C)C(O)(c1ccccc1)c1ccccc1)C(O)(c1ccccc1)c1ccccc1.CC(C)(C)[N]=[Os+2]=[O].CC(C)O.CC(C)O.[Ti]. The van der Waals surface area contributed by atoms with Gasteiger partial charge in [-0.1, -0.05) is 163 Å². The first kappa shape index (κ1) is 53.6. The minimum absolute atomic E-state index is 0. The molecule has 2 atom stereocenters. The van der Waals surface area contributed by atoms with Crippen LogP contribution in [0.3, 0.4) is 0 Å². The molecule has 0 heterocycles. The van der Waals surface area contributed by atoms with E-state index in [1.165, 1.54) is 0 Å². The zero-order valence-corrected chi connectivity index (χ0v) is 39.9. The van der Waals surface area contributed by atoms with Crippen LogP contribution in [0.1, 0.15) is 112 Å². The van der Waals surface area contributed by atoms with Crippen LogP contribution in [0.5, 0.6) is 0 Å². The summed E-state index contributed by atoms with van der Waals surface area (Å²) >= 11 is -1.32. The van der Waals surface area contributed by atoms with Crippen molar-refractivity contribution < 1.29 is 62.9 Å². The minimum atomic E-state index is -1.60. The van der Waals surface area contributed by atoms with Crippen molar-refractivity contribution in [3.8, 4) is 0 Å². The fourth-order valence-corrected chi connectivity index (χ4v) is 6.20. The molecule has 0 aliphatic heterocycles. The summed E-state index contributed by atoms with van der Waals surface area (Å²) in [5, 5.41) is 53.0. The van der Waals surface area contributed by atoms with E-state index in [1.54, 1.807) is 27.7 Å². The molecule has 308 valence electrons. The molecule has 0 saturated heterocycles. The molecule has 0 aliphatic rings. The van der Waals surface area contributed by atoms with Gasteiger partial charge in [-0.3, -0.25) is 0 Å². The molecule has 0 aliphatic carbocycles. The third-order valence-corrected chi connectivity index (χ3v) is 9.27. The Morgan fingerprint density at radius 2 is 0.679 bits per heavy atom. The third kappa shape index (κ3) is 18.9. The largest absolute Gasteiger partial charge is 0.394 e. The molecule has 10 heteroatoms. The predicted molar refractivity (Wildman–Crippen MR) is 223 cm³/mol. The molecule has 0 aromatic heterocycles. The van der Waals surface area contributed by atoms with Crippen LogP contribution < -0.4 is 0 Å². The molecule has 0 amide bonds. The predicted octanol–water partition coefficient (Wildman–Crippen LogP) is 10.1. The molecular weight excluding hydrogens is 913 g/mol. The van der Waals surface area contributed by atoms with Gasteiger partial charge in [-0.25, -0.2) is 0 Å². The van der Waals surface area contributed by atoms with Gasteiger partial charge < -0.3 is 31.1 Å². The fourth-order valence-electron chi connectivity index (χ4n) is 5.50. The molecule has 4 rings (SSSR count). The Bertz CT molecular complexity index is 1470. The van der Waals surface area contributed by atoms with Gasteiger partial charge in [-0.2, -0.15) is 0 Å². The van der Waals surface area contributed by atoms with Crippen LogP contribution in [0.2, 0.25) is 0 Å². The van der Waals surface area contributed by atoms with Gasteiger partial charge in [0.2, 0.25) is 0 Å². The Morgan fingerprint density at radius 3 is 0.804 bits per heavy atom. The van der Waals surface area contributed by atoms with Gasteiger partial charge in [0.25, 0.3) is 0 Å². The van der Waals surface area contributed by atoms with Crippen LogP contribution in [0.15, 0.2) is 125 Å². The maximum absolute atomic E-state index is 13.1. The van der Waals surface area contributed by atoms with Crippen molar-refractivity contribution >= 4 is 0 Å². The molecule has 0 fully saturated rings. The average molecular weight is 980 g/mol. The topological polar surface area (TPSA) is 139 Å². The van der Waals surface area contributed by atoms with Crippen LogP contribution in [0.25, 0.3) is 10.6 Å². The van der Waals surface area contributed by atoms with Crippen molar-refractivity contribution in [2.75, 3.05) is 0 Å². The first-order chi connectivity index (χ1) is 25.4. The van der Waals surface area contributed by atoms with E-state index in [1.807, 2.05) is 184 Å². The molecule has 8 nitrogen and oxygen atoms in total. The number of benzene rings is 4. The Balaban J connectivity index is 0.00000161. The van der Waals surface area contributed by atoms with Crippen molar-refractivity contribution in [1.29, 1.82) is 0 Å². The number of hydrogen-bond donors (Lipinski definition) is 4. The van der Waals surface area contributed by atoms with Gasteiger partial charge in [-0.15, -0.1) is 23.2 Å². The molecule has 0 saturated carbocycles. The third-order valence-electron chi connectivity index (χ3n) is 7.33. The summed E-state index contributed by atoms with van der Waals surface area (Å²) in [6.45, 7) is 24.9. The number of aliphatic hydroxyl groups excluding tert-OH is 2. The molecule has 4 N–H and O–H groups in total. The summed E-state index contributed by atoms with van der Waals surface area (Å²) in [7, 11) is 0. The molecule has 2 unspecified atom stereocenters. The summed E-state index contributed by atoms with van der Waals surface area (Å²) in [6, 6.07) is 36.8. The molecule has 0 spiro atoms. The van der Waals surface area contributed by atoms with E-state index in [0.717, 1.165) is 0 Å². The second-order valence-corrected chi connectivity index (χ2v) is 18.0. The first-order valence-electron chi connectivity index (χ1n) is 18.8. The monoisotopic (exact) mass is 981 g/mol. The van der Waals surface area contributed by atoms with Crippen molar-refractivity contribution in [2.24, 2.45) is 3.65 Å². The fraction of sp³-hybridized carbons (Fsp3) is 0.478. The van der Waals surface area contributed by atoms with E-state index < -0.39 is 51.5 Å². The van der Waals surface area contributed by atoms with Gasteiger partial charge in [0, 0.05) is 33.9 Å². The number of rotatable bonds is 9. The number of aliphatic hydroxyl groups is 4. The van der Waals surface area contributed by atoms with Gasteiger partial charge in [-0.05, 0) is 49.9 Å². The summed E-state index contributed by atoms with van der Waals surface area (Å²) in [4.78, 5) is 0. The van der Waals surface area contributed by atoms with E-state index in [9.17, 15) is 13.8 Å². The normalized spacial score (nSPS) is 13.0. The van der Waals surface area contributed by atoms with Crippen molar-refractivity contribution in [3.63, 3.8) is 0 Å². The quantitative estimate of drug-likeness (QED) is 0.124. The first-order valence-corrected chi connectivity index (χ1v) is 21.0. The molecular formula is C46H67N3O5OsTi. The van der Waals surface area contributed by atoms with E-state index in [2.05, 4.69) is 3.65 Å². The molecule has 0 bridgehead atoms. The Labute approximate surface area is 360 Å². The summed E-state index contributed by atoms with van der Waals surface area (Å²) in [6.07, 6.45) is -0.333. The zero-order chi connectivity index (χ0) is 42.1. The van der Waals surface area contributed by atoms with Crippen molar-refractivity contribution in [3.05, 3.63) is 154 Å². The van der Waals surface area contributed by atoms with Crippen LogP contribution in [-0.4, -0.2) is 61.3 Å². The van der Waals surface area contributed by atoms with Crippen LogP contribution in [0, 0.1) is 0 Å². The smallest absolute Gasteiger partial charge is 0.0483 e. The Morgan fingerprint density at radius 1 is 0.482 bits per heavy atom. The number of hydrogen-bond acceptors (Lipinski definition) is 6. The van der Waals surface area contributed by atoms with Crippen LogP contribution in [-0.2, 0) is 53.6 Å². The average Bonchev–Trinajstić information content (AvgIpc) is 3.09. The van der Waals surface area contributed by atoms with Gasteiger partial charge in [0.15, 0.2) is 0 Å². The maximum Gasteiger partial charge on any atom is 0.0483 e. The van der Waals surface area contributed by atoms with E-state index in [4.69, 9.17) is 20.8 Å².